The number of benzene rings is 1. The third-order valence-electron chi connectivity index (χ3n) is 4.41. The topological polar surface area (TPSA) is 32.3 Å². The zero-order chi connectivity index (χ0) is 15.4. The summed E-state index contributed by atoms with van der Waals surface area (Å²) in [5.74, 6) is 0.180. The van der Waals surface area contributed by atoms with Crippen molar-refractivity contribution < 1.29 is 4.79 Å². The van der Waals surface area contributed by atoms with E-state index in [1.165, 1.54) is 24.8 Å². The molecule has 0 saturated carbocycles. The Balaban J connectivity index is 2.16. The predicted molar refractivity (Wildman–Crippen MR) is 87.9 cm³/mol. The van der Waals surface area contributed by atoms with Crippen LogP contribution in [0.2, 0.25) is 0 Å². The molecule has 1 amide bonds. The van der Waals surface area contributed by atoms with Crippen molar-refractivity contribution in [1.29, 1.82) is 0 Å². The molecule has 1 aromatic carbocycles. The highest BCUT2D eigenvalue weighted by Crippen LogP contribution is 2.19. The number of carbonyl (C=O) groups is 1. The van der Waals surface area contributed by atoms with Gasteiger partial charge in [0.2, 0.25) is 0 Å². The molecule has 21 heavy (non-hydrogen) atoms. The van der Waals surface area contributed by atoms with Gasteiger partial charge in [-0.1, -0.05) is 24.1 Å². The summed E-state index contributed by atoms with van der Waals surface area (Å²) in [5, 5.41) is 3.53. The second-order valence-corrected chi connectivity index (χ2v) is 6.26. The van der Waals surface area contributed by atoms with Crippen LogP contribution in [0.4, 0.5) is 0 Å². The maximum absolute atomic E-state index is 12.9. The largest absolute Gasteiger partial charge is 0.337 e. The molecule has 1 saturated heterocycles. The number of carbonyl (C=O) groups excluding carboxylic acids is 1. The Morgan fingerprint density at radius 1 is 1.24 bits per heavy atom. The number of amides is 1. The first-order chi connectivity index (χ1) is 10.0. The van der Waals surface area contributed by atoms with Gasteiger partial charge in [-0.15, -0.1) is 0 Å². The zero-order valence-corrected chi connectivity index (χ0v) is 13.8. The van der Waals surface area contributed by atoms with E-state index in [9.17, 15) is 4.79 Å². The zero-order valence-electron chi connectivity index (χ0n) is 13.8. The SMILES string of the molecule is CCN(CC1CCCCN1)C(=O)c1c(C)cc(C)cc1C. The fourth-order valence-electron chi connectivity index (χ4n) is 3.38. The van der Waals surface area contributed by atoms with Crippen molar-refractivity contribution in [3.05, 3.63) is 34.4 Å². The number of aryl methyl sites for hydroxylation is 3. The molecule has 1 aliphatic rings. The average Bonchev–Trinajstić information content (AvgIpc) is 2.44. The van der Waals surface area contributed by atoms with E-state index in [2.05, 4.69) is 31.3 Å². The van der Waals surface area contributed by atoms with Crippen LogP contribution < -0.4 is 5.32 Å². The summed E-state index contributed by atoms with van der Waals surface area (Å²) in [6.07, 6.45) is 3.70. The van der Waals surface area contributed by atoms with Crippen LogP contribution >= 0.6 is 0 Å². The van der Waals surface area contributed by atoms with Crippen LogP contribution in [-0.2, 0) is 0 Å². The summed E-state index contributed by atoms with van der Waals surface area (Å²) in [5.41, 5.74) is 4.29. The van der Waals surface area contributed by atoms with Gasteiger partial charge in [-0.25, -0.2) is 0 Å². The maximum Gasteiger partial charge on any atom is 0.254 e. The number of nitrogens with one attached hydrogen (secondary N) is 1. The molecule has 3 heteroatoms. The van der Waals surface area contributed by atoms with E-state index in [-0.39, 0.29) is 5.91 Å². The lowest BCUT2D eigenvalue weighted by atomic mass is 9.98. The number of rotatable bonds is 4. The van der Waals surface area contributed by atoms with Crippen LogP contribution in [0, 0.1) is 20.8 Å². The Hall–Kier alpha value is -1.35. The van der Waals surface area contributed by atoms with Gasteiger partial charge in [-0.3, -0.25) is 4.79 Å². The second kappa shape index (κ2) is 7.08. The van der Waals surface area contributed by atoms with Crippen molar-refractivity contribution >= 4 is 5.91 Å². The van der Waals surface area contributed by atoms with Gasteiger partial charge in [0, 0.05) is 24.7 Å². The van der Waals surface area contributed by atoms with E-state index in [0.717, 1.165) is 36.3 Å². The molecule has 1 unspecified atom stereocenters. The van der Waals surface area contributed by atoms with Gasteiger partial charge in [0.1, 0.15) is 0 Å². The third-order valence-corrected chi connectivity index (χ3v) is 4.41. The number of likely N-dealkylation sites (N-methyl/N-ethyl adjacent to an activating group) is 1. The molecule has 2 rings (SSSR count). The van der Waals surface area contributed by atoms with Crippen molar-refractivity contribution in [3.8, 4) is 0 Å². The smallest absolute Gasteiger partial charge is 0.254 e. The van der Waals surface area contributed by atoms with E-state index < -0.39 is 0 Å². The summed E-state index contributed by atoms with van der Waals surface area (Å²) in [4.78, 5) is 14.9. The lowest BCUT2D eigenvalue weighted by Gasteiger charge is -2.30. The molecule has 1 N–H and O–H groups in total. The minimum atomic E-state index is 0.180. The van der Waals surface area contributed by atoms with E-state index in [1.54, 1.807) is 0 Å². The van der Waals surface area contributed by atoms with Crippen LogP contribution in [0.1, 0.15) is 53.2 Å². The van der Waals surface area contributed by atoms with Crippen molar-refractivity contribution in [3.63, 3.8) is 0 Å². The highest BCUT2D eigenvalue weighted by molar-refractivity contribution is 5.97. The van der Waals surface area contributed by atoms with Crippen LogP contribution in [0.25, 0.3) is 0 Å². The molecular weight excluding hydrogens is 260 g/mol. The molecule has 3 nitrogen and oxygen atoms in total. The van der Waals surface area contributed by atoms with Gasteiger partial charge in [-0.2, -0.15) is 0 Å². The van der Waals surface area contributed by atoms with E-state index >= 15 is 0 Å². The first kappa shape index (κ1) is 16.0. The molecule has 1 atom stereocenters. The first-order valence-corrected chi connectivity index (χ1v) is 8.13. The van der Waals surface area contributed by atoms with Crippen molar-refractivity contribution in [1.82, 2.24) is 10.2 Å². The number of piperidine rings is 1. The minimum Gasteiger partial charge on any atom is -0.337 e. The van der Waals surface area contributed by atoms with E-state index in [0.29, 0.717) is 6.04 Å². The number of hydrogen-bond donors (Lipinski definition) is 1. The molecular formula is C18H28N2O. The van der Waals surface area contributed by atoms with Crippen molar-refractivity contribution in [2.75, 3.05) is 19.6 Å². The predicted octanol–water partition coefficient (Wildman–Crippen LogP) is 3.22. The molecule has 0 spiro atoms. The highest BCUT2D eigenvalue weighted by atomic mass is 16.2. The normalized spacial score (nSPS) is 18.6. The second-order valence-electron chi connectivity index (χ2n) is 6.26. The van der Waals surface area contributed by atoms with E-state index in [4.69, 9.17) is 0 Å². The van der Waals surface area contributed by atoms with Gasteiger partial charge in [0.05, 0.1) is 0 Å². The van der Waals surface area contributed by atoms with Gasteiger partial charge in [-0.05, 0) is 58.2 Å². The lowest BCUT2D eigenvalue weighted by molar-refractivity contribution is 0.0740. The standard InChI is InChI=1S/C18H28N2O/c1-5-20(12-16-8-6-7-9-19-16)18(21)17-14(3)10-13(2)11-15(17)4/h10-11,16,19H,5-9,12H2,1-4H3. The Kier molecular flexibility index (Phi) is 5.40. The maximum atomic E-state index is 12.9. The monoisotopic (exact) mass is 288 g/mol. The Labute approximate surface area is 128 Å². The molecule has 116 valence electrons. The Morgan fingerprint density at radius 3 is 2.43 bits per heavy atom. The van der Waals surface area contributed by atoms with Gasteiger partial charge in [0.15, 0.2) is 0 Å². The first-order valence-electron chi connectivity index (χ1n) is 8.13. The summed E-state index contributed by atoms with van der Waals surface area (Å²) >= 11 is 0. The quantitative estimate of drug-likeness (QED) is 0.922. The van der Waals surface area contributed by atoms with Gasteiger partial charge >= 0.3 is 0 Å². The molecule has 0 aliphatic carbocycles. The Morgan fingerprint density at radius 2 is 1.90 bits per heavy atom. The molecule has 0 bridgehead atoms. The molecule has 1 aromatic rings. The molecule has 1 aliphatic heterocycles. The third kappa shape index (κ3) is 3.85. The van der Waals surface area contributed by atoms with Gasteiger partial charge in [0.25, 0.3) is 5.91 Å². The fourth-order valence-corrected chi connectivity index (χ4v) is 3.38. The number of nitrogens with zero attached hydrogens (tertiary/aromatic N) is 1. The van der Waals surface area contributed by atoms with E-state index in [1.807, 2.05) is 18.7 Å². The molecule has 0 aromatic heterocycles. The highest BCUT2D eigenvalue weighted by Gasteiger charge is 2.22. The van der Waals surface area contributed by atoms with Crippen LogP contribution in [0.15, 0.2) is 12.1 Å². The number of hydrogen-bond acceptors (Lipinski definition) is 2. The minimum absolute atomic E-state index is 0.180. The van der Waals surface area contributed by atoms with Crippen LogP contribution in [0.5, 0.6) is 0 Å². The molecule has 1 fully saturated rings. The Bertz CT molecular complexity index is 481. The van der Waals surface area contributed by atoms with Crippen LogP contribution in [0.3, 0.4) is 0 Å². The summed E-state index contributed by atoms with van der Waals surface area (Å²) in [6, 6.07) is 4.66. The van der Waals surface area contributed by atoms with Gasteiger partial charge < -0.3 is 10.2 Å². The van der Waals surface area contributed by atoms with Crippen molar-refractivity contribution in [2.45, 2.75) is 53.0 Å². The average molecular weight is 288 g/mol. The molecule has 1 heterocycles. The fraction of sp³-hybridized carbons (Fsp3) is 0.611. The summed E-state index contributed by atoms with van der Waals surface area (Å²) in [6.45, 7) is 10.9. The lowest BCUT2D eigenvalue weighted by Crippen LogP contribution is -2.46. The summed E-state index contributed by atoms with van der Waals surface area (Å²) < 4.78 is 0. The van der Waals surface area contributed by atoms with Crippen LogP contribution in [-0.4, -0.2) is 36.5 Å². The summed E-state index contributed by atoms with van der Waals surface area (Å²) in [7, 11) is 0. The molecule has 0 radical (unpaired) electrons. The van der Waals surface area contributed by atoms with Crippen molar-refractivity contribution in [2.24, 2.45) is 0 Å².